The molecular weight excluding hydrogens is 810 g/mol. The van der Waals surface area contributed by atoms with Crippen molar-refractivity contribution >= 4 is 23.1 Å². The largest absolute Gasteiger partial charge is 2.00 e. The zero-order valence-electron chi connectivity index (χ0n) is 32.7. The minimum Gasteiger partial charge on any atom is -0.510 e. The normalized spacial score (nSPS) is 19.8. The zero-order chi connectivity index (χ0) is 36.9. The fourth-order valence-corrected chi connectivity index (χ4v) is 7.40. The number of hydrogen-bond donors (Lipinski definition) is 0. The molecule has 51 heavy (non-hydrogen) atoms. The Morgan fingerprint density at radius 1 is 0.961 bits per heavy atom. The maximum atomic E-state index is 9.09. The molecule has 0 saturated heterocycles. The predicted octanol–water partition coefficient (Wildman–Crippen LogP) is 11.1. The van der Waals surface area contributed by atoms with Gasteiger partial charge in [-0.2, -0.15) is 6.07 Å². The molecular formula is C45H45N3O2Pt. The van der Waals surface area contributed by atoms with E-state index in [1.165, 1.54) is 11.1 Å². The summed E-state index contributed by atoms with van der Waals surface area (Å²) in [4.78, 5) is 12.0. The smallest absolute Gasteiger partial charge is 0.510 e. The number of ether oxygens (including phenoxy) is 2. The van der Waals surface area contributed by atoms with E-state index in [1.807, 2.05) is 50.4 Å². The van der Waals surface area contributed by atoms with Crippen molar-refractivity contribution in [1.29, 1.82) is 0 Å². The van der Waals surface area contributed by atoms with Crippen molar-refractivity contribution in [3.8, 4) is 11.5 Å². The Balaban J connectivity index is 0.00000435. The minimum absolute atomic E-state index is 0. The van der Waals surface area contributed by atoms with Crippen LogP contribution in [0.15, 0.2) is 84.0 Å². The molecule has 3 heterocycles. The Bertz CT molecular complexity index is 2290. The van der Waals surface area contributed by atoms with Crippen molar-refractivity contribution in [3.05, 3.63) is 141 Å². The van der Waals surface area contributed by atoms with E-state index in [0.717, 1.165) is 45.0 Å². The Kier molecular flexibility index (Phi) is 8.19. The molecule has 0 bridgehead atoms. The number of aryl methyl sites for hydroxylation is 1. The van der Waals surface area contributed by atoms with E-state index in [-0.39, 0.29) is 37.8 Å². The number of aliphatic imine (C=N–C) groups is 1. The van der Waals surface area contributed by atoms with Crippen LogP contribution in [0.25, 0.3) is 0 Å². The molecule has 1 aliphatic carbocycles. The van der Waals surface area contributed by atoms with Crippen LogP contribution in [0.4, 0.5) is 17.2 Å². The maximum Gasteiger partial charge on any atom is 2.00 e. The van der Waals surface area contributed by atoms with Gasteiger partial charge in [-0.25, -0.2) is 4.98 Å². The second kappa shape index (κ2) is 12.8. The van der Waals surface area contributed by atoms with Gasteiger partial charge in [0.2, 0.25) is 0 Å². The van der Waals surface area contributed by atoms with Gasteiger partial charge in [-0.15, -0.1) is 29.3 Å². The van der Waals surface area contributed by atoms with Crippen molar-refractivity contribution in [2.75, 3.05) is 4.90 Å². The molecule has 262 valence electrons. The summed E-state index contributed by atoms with van der Waals surface area (Å²) in [6, 6.07) is 31.4. The molecule has 4 aromatic carbocycles. The van der Waals surface area contributed by atoms with Crippen molar-refractivity contribution < 1.29 is 33.3 Å². The summed E-state index contributed by atoms with van der Waals surface area (Å²) in [6.07, 6.45) is -0.248. The van der Waals surface area contributed by atoms with Crippen LogP contribution in [0.2, 0.25) is 0 Å². The van der Waals surface area contributed by atoms with Gasteiger partial charge in [-0.05, 0) is 88.5 Å². The summed E-state index contributed by atoms with van der Waals surface area (Å²) in [5.41, 5.74) is 10.5. The quantitative estimate of drug-likeness (QED) is 0.165. The average Bonchev–Trinajstić information content (AvgIpc) is 3.63. The minimum atomic E-state index is -1.65. The Morgan fingerprint density at radius 2 is 1.75 bits per heavy atom. The second-order valence-corrected chi connectivity index (χ2v) is 15.7. The van der Waals surface area contributed by atoms with E-state index < -0.39 is 18.5 Å². The number of nitrogens with zero attached hydrogens (tertiary/aromatic N) is 3. The number of rotatable bonds is 5. The van der Waals surface area contributed by atoms with Crippen LogP contribution < -0.4 is 9.64 Å². The molecule has 3 aliphatic rings. The van der Waals surface area contributed by atoms with Gasteiger partial charge in [0, 0.05) is 26.1 Å². The Morgan fingerprint density at radius 3 is 2.51 bits per heavy atom. The van der Waals surface area contributed by atoms with Gasteiger partial charge < -0.3 is 14.4 Å². The topological polar surface area (TPSA) is 47.0 Å². The number of aromatic nitrogens is 1. The monoisotopic (exact) mass is 856 g/mol. The SMILES string of the molecule is [2H]C1([2H])c2c(ccc(C)c2C)[C@@H]2OC(c3[c-]c(Oc4[c-]c5c(cc4)C(C)(C)c4ccccc4N5c4cc(C(C)(C)C)ccn4)cc(C(C)C)c3)=N[C@@H]21.[Pt+2]. The molecule has 0 amide bonds. The first-order chi connectivity index (χ1) is 24.6. The third-order valence-electron chi connectivity index (χ3n) is 10.6. The van der Waals surface area contributed by atoms with Crippen LogP contribution in [-0.2, 0) is 43.0 Å². The summed E-state index contributed by atoms with van der Waals surface area (Å²) < 4.78 is 31.3. The molecule has 8 rings (SSSR count). The van der Waals surface area contributed by atoms with Crippen molar-refractivity contribution in [2.24, 2.45) is 4.99 Å². The fraction of sp³-hybridized carbons (Fsp3) is 0.333. The Hall–Kier alpha value is -4.21. The first kappa shape index (κ1) is 32.7. The third kappa shape index (κ3) is 6.02. The molecule has 2 atom stereocenters. The number of benzene rings is 4. The van der Waals surface area contributed by atoms with Gasteiger partial charge in [-0.3, -0.25) is 4.99 Å². The number of pyridine rings is 1. The molecule has 0 radical (unpaired) electrons. The first-order valence-corrected chi connectivity index (χ1v) is 17.6. The molecule has 1 aromatic heterocycles. The van der Waals surface area contributed by atoms with Gasteiger partial charge >= 0.3 is 21.1 Å². The molecule has 5 nitrogen and oxygen atoms in total. The van der Waals surface area contributed by atoms with Crippen LogP contribution in [0.1, 0.15) is 113 Å². The van der Waals surface area contributed by atoms with Gasteiger partial charge in [0.25, 0.3) is 0 Å². The molecule has 0 unspecified atom stereocenters. The average molecular weight is 857 g/mol. The summed E-state index contributed by atoms with van der Waals surface area (Å²) in [5.74, 6) is 2.48. The van der Waals surface area contributed by atoms with Crippen LogP contribution in [0, 0.1) is 26.0 Å². The van der Waals surface area contributed by atoms with Crippen LogP contribution in [0.5, 0.6) is 11.5 Å². The van der Waals surface area contributed by atoms with E-state index in [9.17, 15) is 0 Å². The van der Waals surface area contributed by atoms with E-state index in [0.29, 0.717) is 28.5 Å². The van der Waals surface area contributed by atoms with Crippen molar-refractivity contribution in [2.45, 2.75) is 97.6 Å². The second-order valence-electron chi connectivity index (χ2n) is 15.7. The molecule has 0 saturated carbocycles. The van der Waals surface area contributed by atoms with E-state index in [4.69, 9.17) is 22.2 Å². The third-order valence-corrected chi connectivity index (χ3v) is 10.6. The molecule has 6 heteroatoms. The maximum absolute atomic E-state index is 9.09. The van der Waals surface area contributed by atoms with Crippen LogP contribution in [0.3, 0.4) is 0 Å². The molecule has 5 aromatic rings. The summed E-state index contributed by atoms with van der Waals surface area (Å²) in [7, 11) is 0. The van der Waals surface area contributed by atoms with Crippen LogP contribution >= 0.6 is 0 Å². The molecule has 0 fully saturated rings. The van der Waals surface area contributed by atoms with Crippen molar-refractivity contribution in [1.82, 2.24) is 4.98 Å². The molecule has 2 aliphatic heterocycles. The summed E-state index contributed by atoms with van der Waals surface area (Å²) >= 11 is 0. The fourth-order valence-electron chi connectivity index (χ4n) is 7.40. The summed E-state index contributed by atoms with van der Waals surface area (Å²) in [5, 5.41) is 0. The Labute approximate surface area is 320 Å². The van der Waals surface area contributed by atoms with Gasteiger partial charge in [0.05, 0.1) is 6.04 Å². The number of anilines is 3. The van der Waals surface area contributed by atoms with Crippen LogP contribution in [-0.4, -0.2) is 16.9 Å². The van der Waals surface area contributed by atoms with E-state index in [2.05, 4.69) is 108 Å². The van der Waals surface area contributed by atoms with E-state index in [1.54, 1.807) is 0 Å². The number of hydrogen-bond acceptors (Lipinski definition) is 5. The number of para-hydroxylation sites is 1. The predicted molar refractivity (Wildman–Crippen MR) is 202 cm³/mol. The van der Waals surface area contributed by atoms with E-state index >= 15 is 0 Å². The first-order valence-electron chi connectivity index (χ1n) is 18.6. The zero-order valence-corrected chi connectivity index (χ0v) is 33.0. The van der Waals surface area contributed by atoms with Gasteiger partial charge in [0.15, 0.2) is 0 Å². The number of fused-ring (bicyclic) bond motifs is 5. The van der Waals surface area contributed by atoms with Gasteiger partial charge in [0.1, 0.15) is 17.8 Å². The standard InChI is InChI=1S/C45H45N3O2.Pt/c1-26(2)29-20-30(43-47-38-25-35-28(4)27(3)14-16-34(35)42(38)50-43)22-33(21-29)49-32-15-17-37-40(24-32)48(39-13-11-10-12-36(39)45(37,8)9)41-23-31(18-19-46-41)44(5,6)7;/h10-21,23,26,38,42H,25H2,1-9H3;/q-2;+2/t38-,42+;/m1./s1/i25D2;. The van der Waals surface area contributed by atoms with Crippen molar-refractivity contribution in [3.63, 3.8) is 0 Å². The van der Waals surface area contributed by atoms with Gasteiger partial charge in [-0.1, -0.05) is 102 Å². The molecule has 0 spiro atoms. The molecule has 0 N–H and O–H groups in total. The summed E-state index contributed by atoms with van der Waals surface area (Å²) in [6.45, 7) is 19.4.